The van der Waals surface area contributed by atoms with Crippen molar-refractivity contribution in [3.05, 3.63) is 42.1 Å². The third-order valence-corrected chi connectivity index (χ3v) is 2.43. The van der Waals surface area contributed by atoms with Crippen LogP contribution in [0.1, 0.15) is 36.0 Å². The van der Waals surface area contributed by atoms with Crippen LogP contribution in [0.15, 0.2) is 18.2 Å². The topological polar surface area (TPSA) is 20.2 Å². The molecule has 0 amide bonds. The third-order valence-electron chi connectivity index (χ3n) is 2.43. The summed E-state index contributed by atoms with van der Waals surface area (Å²) in [6.45, 7) is 3.51. The van der Waals surface area contributed by atoms with Crippen molar-refractivity contribution in [2.75, 3.05) is 0 Å². The quantitative estimate of drug-likeness (QED) is 0.739. The third kappa shape index (κ3) is 1.59. The van der Waals surface area contributed by atoms with E-state index < -0.39 is 6.10 Å². The van der Waals surface area contributed by atoms with Gasteiger partial charge in [0.15, 0.2) is 0 Å². The van der Waals surface area contributed by atoms with Crippen LogP contribution >= 0.6 is 0 Å². The molecule has 2 heteroatoms. The van der Waals surface area contributed by atoms with Gasteiger partial charge in [0.05, 0.1) is 6.10 Å². The van der Waals surface area contributed by atoms with Crippen LogP contribution in [0.4, 0.5) is 4.39 Å². The molecule has 1 N–H and O–H groups in total. The summed E-state index contributed by atoms with van der Waals surface area (Å²) in [6, 6.07) is 4.80. The van der Waals surface area contributed by atoms with E-state index in [-0.39, 0.29) is 5.82 Å². The van der Waals surface area contributed by atoms with Gasteiger partial charge in [-0.3, -0.25) is 0 Å². The van der Waals surface area contributed by atoms with Gasteiger partial charge in [0, 0.05) is 0 Å². The number of rotatable bonds is 2. The lowest BCUT2D eigenvalue weighted by Gasteiger charge is -2.11. The molecule has 69 valence electrons. The maximum Gasteiger partial charge on any atom is 0.127 e. The van der Waals surface area contributed by atoms with E-state index in [4.69, 9.17) is 0 Å². The molecule has 1 saturated carbocycles. The Morgan fingerprint density at radius 1 is 1.46 bits per heavy atom. The van der Waals surface area contributed by atoms with Crippen LogP contribution in [0.3, 0.4) is 0 Å². The van der Waals surface area contributed by atoms with Gasteiger partial charge in [0.25, 0.3) is 0 Å². The van der Waals surface area contributed by atoms with E-state index in [1.807, 2.05) is 0 Å². The van der Waals surface area contributed by atoms with Crippen molar-refractivity contribution >= 4 is 0 Å². The van der Waals surface area contributed by atoms with E-state index >= 15 is 0 Å². The number of halogens is 1. The summed E-state index contributed by atoms with van der Waals surface area (Å²) < 4.78 is 13.4. The van der Waals surface area contributed by atoms with Crippen molar-refractivity contribution in [3.8, 4) is 0 Å². The van der Waals surface area contributed by atoms with Gasteiger partial charge >= 0.3 is 0 Å². The second-order valence-electron chi connectivity index (χ2n) is 3.53. The van der Waals surface area contributed by atoms with Crippen molar-refractivity contribution in [3.63, 3.8) is 0 Å². The molecule has 0 saturated heterocycles. The highest BCUT2D eigenvalue weighted by Crippen LogP contribution is 2.44. The molecule has 1 radical (unpaired) electrons. The Balaban J connectivity index is 2.47. The Labute approximate surface area is 77.2 Å². The predicted molar refractivity (Wildman–Crippen MR) is 48.7 cm³/mol. The lowest BCUT2D eigenvalue weighted by Crippen LogP contribution is -2.00. The summed E-state index contributed by atoms with van der Waals surface area (Å²) in [5.41, 5.74) is 1.31. The van der Waals surface area contributed by atoms with Gasteiger partial charge in [0.2, 0.25) is 0 Å². The number of hydrogen-bond donors (Lipinski definition) is 1. The lowest BCUT2D eigenvalue weighted by molar-refractivity contribution is 0.224. The molecule has 1 aromatic rings. The summed E-state index contributed by atoms with van der Waals surface area (Å²) in [6.07, 6.45) is 1.24. The molecule has 0 spiro atoms. The zero-order chi connectivity index (χ0) is 9.42. The van der Waals surface area contributed by atoms with Crippen molar-refractivity contribution in [1.29, 1.82) is 0 Å². The average molecular weight is 179 g/mol. The minimum atomic E-state index is -0.814. The number of aliphatic hydroxyl groups excluding tert-OH is 1. The van der Waals surface area contributed by atoms with Crippen LogP contribution < -0.4 is 0 Å². The van der Waals surface area contributed by atoms with Crippen LogP contribution in [0.25, 0.3) is 0 Å². The summed E-state index contributed by atoms with van der Waals surface area (Å²) in [4.78, 5) is 0. The van der Waals surface area contributed by atoms with Gasteiger partial charge < -0.3 is 5.11 Å². The zero-order valence-electron chi connectivity index (χ0n) is 7.33. The van der Waals surface area contributed by atoms with Gasteiger partial charge in [-0.1, -0.05) is 12.1 Å². The maximum absolute atomic E-state index is 13.4. The molecular formula is C11H12FO. The summed E-state index contributed by atoms with van der Waals surface area (Å²) in [7, 11) is 0. The number of hydrogen-bond acceptors (Lipinski definition) is 1. The van der Waals surface area contributed by atoms with Crippen molar-refractivity contribution in [2.24, 2.45) is 0 Å². The predicted octanol–water partition coefficient (Wildman–Crippen LogP) is 2.57. The Morgan fingerprint density at radius 3 is 2.69 bits per heavy atom. The zero-order valence-corrected chi connectivity index (χ0v) is 7.33. The lowest BCUT2D eigenvalue weighted by atomic mass is 9.99. The molecule has 1 aliphatic rings. The van der Waals surface area contributed by atoms with Gasteiger partial charge in [-0.25, -0.2) is 4.39 Å². The maximum atomic E-state index is 13.4. The molecule has 1 aliphatic carbocycles. The fourth-order valence-corrected chi connectivity index (χ4v) is 1.65. The van der Waals surface area contributed by atoms with Crippen LogP contribution in [0, 0.1) is 12.7 Å². The molecule has 0 aromatic heterocycles. The molecule has 1 atom stereocenters. The van der Waals surface area contributed by atoms with Gasteiger partial charge in [-0.05, 0) is 42.9 Å². The summed E-state index contributed by atoms with van der Waals surface area (Å²) in [5, 5.41) is 9.33. The van der Waals surface area contributed by atoms with Crippen molar-refractivity contribution in [2.45, 2.75) is 24.9 Å². The molecule has 1 unspecified atom stereocenters. The molecule has 1 nitrogen and oxygen atoms in total. The van der Waals surface area contributed by atoms with E-state index in [0.717, 1.165) is 12.8 Å². The highest BCUT2D eigenvalue weighted by atomic mass is 19.1. The molecule has 1 aromatic carbocycles. The second-order valence-corrected chi connectivity index (χ2v) is 3.53. The largest absolute Gasteiger partial charge is 0.388 e. The Hall–Kier alpha value is -0.890. The highest BCUT2D eigenvalue weighted by molar-refractivity contribution is 5.36. The fraction of sp³-hybridized carbons (Fsp3) is 0.364. The van der Waals surface area contributed by atoms with Crippen molar-refractivity contribution < 1.29 is 9.50 Å². The van der Waals surface area contributed by atoms with E-state index in [9.17, 15) is 9.50 Å². The first kappa shape index (κ1) is 8.70. The fourth-order valence-electron chi connectivity index (χ4n) is 1.65. The first-order valence-corrected chi connectivity index (χ1v) is 4.49. The van der Waals surface area contributed by atoms with Gasteiger partial charge in [0.1, 0.15) is 5.82 Å². The SMILES string of the molecule is [CH2]C(O)c1cccc(F)c1C1CC1. The molecule has 2 rings (SSSR count). The van der Waals surface area contributed by atoms with Crippen LogP contribution in [0.5, 0.6) is 0 Å². The van der Waals surface area contributed by atoms with E-state index in [1.165, 1.54) is 6.07 Å². The van der Waals surface area contributed by atoms with Gasteiger partial charge in [-0.15, -0.1) is 0 Å². The summed E-state index contributed by atoms with van der Waals surface area (Å²) in [5.74, 6) is 0.107. The van der Waals surface area contributed by atoms with Crippen molar-refractivity contribution in [1.82, 2.24) is 0 Å². The first-order chi connectivity index (χ1) is 6.20. The average Bonchev–Trinajstić information content (AvgIpc) is 2.86. The van der Waals surface area contributed by atoms with E-state index in [1.54, 1.807) is 12.1 Å². The highest BCUT2D eigenvalue weighted by Gasteiger charge is 2.29. The van der Waals surface area contributed by atoms with E-state index in [2.05, 4.69) is 6.92 Å². The Kier molecular flexibility index (Phi) is 2.08. The minimum Gasteiger partial charge on any atom is -0.388 e. The molecule has 0 bridgehead atoms. The second kappa shape index (κ2) is 3.11. The van der Waals surface area contributed by atoms with Crippen LogP contribution in [0.2, 0.25) is 0 Å². The van der Waals surface area contributed by atoms with Crippen LogP contribution in [-0.4, -0.2) is 5.11 Å². The normalized spacial score (nSPS) is 18.7. The molecular weight excluding hydrogens is 167 g/mol. The Morgan fingerprint density at radius 2 is 2.15 bits per heavy atom. The van der Waals surface area contributed by atoms with Gasteiger partial charge in [-0.2, -0.15) is 0 Å². The van der Waals surface area contributed by atoms with E-state index in [0.29, 0.717) is 17.0 Å². The number of aliphatic hydroxyl groups is 1. The number of benzene rings is 1. The monoisotopic (exact) mass is 179 g/mol. The minimum absolute atomic E-state index is 0.206. The molecule has 0 aliphatic heterocycles. The van der Waals surface area contributed by atoms with Crippen LogP contribution in [-0.2, 0) is 0 Å². The Bertz CT molecular complexity index is 316. The molecule has 0 heterocycles. The first-order valence-electron chi connectivity index (χ1n) is 4.49. The molecule has 1 fully saturated rings. The smallest absolute Gasteiger partial charge is 0.127 e. The summed E-state index contributed by atoms with van der Waals surface area (Å²) >= 11 is 0. The standard InChI is InChI=1S/C11H12FO/c1-7(13)9-3-2-4-10(12)11(9)8-5-6-8/h2-4,7-8,13H,1,5-6H2. The molecule has 13 heavy (non-hydrogen) atoms.